The molecule has 204 valence electrons. The second kappa shape index (κ2) is 11.1. The number of ketones is 1. The highest BCUT2D eigenvalue weighted by atomic mass is 19.4. The first kappa shape index (κ1) is 28.2. The van der Waals surface area contributed by atoms with E-state index in [1.54, 1.807) is 6.07 Å². The molecule has 11 heteroatoms. The number of ether oxygens (including phenoxy) is 1. The lowest BCUT2D eigenvalue weighted by molar-refractivity contribution is -0.138. The van der Waals surface area contributed by atoms with Crippen molar-refractivity contribution in [3.63, 3.8) is 0 Å². The number of nitrogens with zero attached hydrogens (tertiary/aromatic N) is 2. The number of hydrogen-bond donors (Lipinski definition) is 2. The number of urea groups is 1. The largest absolute Gasteiger partial charge is 0.417 e. The van der Waals surface area contributed by atoms with E-state index in [1.165, 1.54) is 54.6 Å². The van der Waals surface area contributed by atoms with Gasteiger partial charge in [-0.2, -0.15) is 18.4 Å². The Kier molecular flexibility index (Phi) is 7.86. The Morgan fingerprint density at radius 2 is 1.85 bits per heavy atom. The standard InChI is InChI=1S/C29H22F3N3O5/c1-2-13-40-17-28(20-10-6-7-18(14-20)16-33)26(38)35(27(39)34-28)21-11-12-22(23(15-21)29(30,31)32)25(37)24(36)19-8-4-3-5-9-19/h2-12,14-15,24,36H,1,13,17H2,(H,34,39). The number of hydrogen-bond acceptors (Lipinski definition) is 6. The van der Waals surface area contributed by atoms with Crippen molar-refractivity contribution in [2.45, 2.75) is 17.8 Å². The summed E-state index contributed by atoms with van der Waals surface area (Å²) in [5.74, 6) is -2.16. The van der Waals surface area contributed by atoms with Crippen molar-refractivity contribution in [1.29, 1.82) is 5.26 Å². The molecule has 3 aromatic rings. The quantitative estimate of drug-likeness (QED) is 0.174. The second-order valence-electron chi connectivity index (χ2n) is 8.88. The molecule has 2 atom stereocenters. The molecule has 3 amide bonds. The normalized spacial score (nSPS) is 17.7. The summed E-state index contributed by atoms with van der Waals surface area (Å²) in [5, 5.41) is 22.3. The van der Waals surface area contributed by atoms with Crippen molar-refractivity contribution < 1.29 is 37.4 Å². The Balaban J connectivity index is 1.78. The molecule has 4 rings (SSSR count). The SMILES string of the molecule is C=CCOCC1(c2cccc(C#N)c2)NC(=O)N(c2ccc(C(=O)C(O)c3ccccc3)c(C(F)(F)F)c2)C1=O. The van der Waals surface area contributed by atoms with Crippen molar-refractivity contribution in [2.75, 3.05) is 18.1 Å². The first-order valence-electron chi connectivity index (χ1n) is 11.9. The topological polar surface area (TPSA) is 120 Å². The van der Waals surface area contributed by atoms with E-state index in [9.17, 15) is 37.9 Å². The van der Waals surface area contributed by atoms with Crippen molar-refractivity contribution in [1.82, 2.24) is 5.32 Å². The highest BCUT2D eigenvalue weighted by Gasteiger charge is 2.54. The van der Waals surface area contributed by atoms with Crippen LogP contribution in [-0.4, -0.2) is 36.0 Å². The summed E-state index contributed by atoms with van der Waals surface area (Å²) in [5.41, 5.74) is -4.11. The minimum atomic E-state index is -5.07. The van der Waals surface area contributed by atoms with Crippen molar-refractivity contribution in [3.05, 3.63) is 113 Å². The van der Waals surface area contributed by atoms with Crippen LogP contribution in [0.1, 0.15) is 38.7 Å². The molecule has 0 saturated carbocycles. The number of halogens is 3. The van der Waals surface area contributed by atoms with Gasteiger partial charge in [-0.1, -0.05) is 48.5 Å². The van der Waals surface area contributed by atoms with Gasteiger partial charge in [0.1, 0.15) is 6.10 Å². The molecule has 2 unspecified atom stereocenters. The molecule has 1 fully saturated rings. The van der Waals surface area contributed by atoms with Gasteiger partial charge in [0.15, 0.2) is 11.3 Å². The molecule has 3 aromatic carbocycles. The number of amides is 3. The number of benzene rings is 3. The number of anilines is 1. The number of nitriles is 1. The van der Waals surface area contributed by atoms with E-state index in [-0.39, 0.29) is 23.3 Å². The predicted molar refractivity (Wildman–Crippen MR) is 137 cm³/mol. The lowest BCUT2D eigenvalue weighted by Gasteiger charge is -2.27. The molecule has 2 N–H and O–H groups in total. The first-order valence-corrected chi connectivity index (χ1v) is 11.9. The summed E-state index contributed by atoms with van der Waals surface area (Å²) in [6.45, 7) is 3.13. The van der Waals surface area contributed by atoms with E-state index in [0.717, 1.165) is 12.1 Å². The maximum Gasteiger partial charge on any atom is 0.417 e. The van der Waals surface area contributed by atoms with Crippen LogP contribution in [0.15, 0.2) is 85.5 Å². The van der Waals surface area contributed by atoms with E-state index in [0.29, 0.717) is 11.0 Å². The van der Waals surface area contributed by atoms with Crippen LogP contribution in [0, 0.1) is 11.3 Å². The third-order valence-electron chi connectivity index (χ3n) is 6.33. The predicted octanol–water partition coefficient (Wildman–Crippen LogP) is 4.65. The summed E-state index contributed by atoms with van der Waals surface area (Å²) in [4.78, 5) is 40.3. The zero-order valence-electron chi connectivity index (χ0n) is 20.8. The zero-order valence-corrected chi connectivity index (χ0v) is 20.8. The van der Waals surface area contributed by atoms with Gasteiger partial charge in [0, 0.05) is 5.56 Å². The number of Topliss-reactive ketones (excluding diaryl/α,β-unsaturated/α-hetero) is 1. The summed E-state index contributed by atoms with van der Waals surface area (Å²) >= 11 is 0. The highest BCUT2D eigenvalue weighted by Crippen LogP contribution is 2.39. The molecule has 1 aliphatic heterocycles. The number of nitrogens with one attached hydrogen (secondary N) is 1. The number of imide groups is 1. The van der Waals surface area contributed by atoms with Crippen molar-refractivity contribution in [2.24, 2.45) is 0 Å². The second-order valence-corrected chi connectivity index (χ2v) is 8.88. The van der Waals surface area contributed by atoms with E-state index in [2.05, 4.69) is 11.9 Å². The van der Waals surface area contributed by atoms with Crippen LogP contribution in [0.5, 0.6) is 0 Å². The van der Waals surface area contributed by atoms with Crippen LogP contribution in [0.4, 0.5) is 23.7 Å². The number of aliphatic hydroxyl groups excluding tert-OH is 1. The van der Waals surface area contributed by atoms with Gasteiger partial charge in [-0.25, -0.2) is 9.69 Å². The maximum absolute atomic E-state index is 14.1. The zero-order chi connectivity index (χ0) is 29.1. The van der Waals surface area contributed by atoms with Gasteiger partial charge >= 0.3 is 12.2 Å². The molecule has 8 nitrogen and oxygen atoms in total. The van der Waals surface area contributed by atoms with Gasteiger partial charge in [-0.05, 0) is 41.5 Å². The fourth-order valence-corrected chi connectivity index (χ4v) is 4.39. The summed E-state index contributed by atoms with van der Waals surface area (Å²) in [7, 11) is 0. The van der Waals surface area contributed by atoms with Crippen LogP contribution >= 0.6 is 0 Å². The molecule has 0 bridgehead atoms. The van der Waals surface area contributed by atoms with Gasteiger partial charge in [0.2, 0.25) is 0 Å². The van der Waals surface area contributed by atoms with E-state index >= 15 is 0 Å². The number of aliphatic hydroxyl groups is 1. The number of rotatable bonds is 9. The minimum absolute atomic E-state index is 0.00160. The Labute approximate surface area is 226 Å². The van der Waals surface area contributed by atoms with Gasteiger partial charge in [-0.15, -0.1) is 6.58 Å². The monoisotopic (exact) mass is 549 g/mol. The molecule has 40 heavy (non-hydrogen) atoms. The maximum atomic E-state index is 14.1. The van der Waals surface area contributed by atoms with E-state index in [1.807, 2.05) is 6.07 Å². The van der Waals surface area contributed by atoms with Gasteiger partial charge < -0.3 is 15.2 Å². The Morgan fingerprint density at radius 1 is 1.12 bits per heavy atom. The van der Waals surface area contributed by atoms with Crippen molar-refractivity contribution in [3.8, 4) is 6.07 Å². The molecule has 0 aliphatic carbocycles. The average molecular weight is 550 g/mol. The molecular weight excluding hydrogens is 527 g/mol. The summed E-state index contributed by atoms with van der Waals surface area (Å²) in [6.07, 6.45) is -5.53. The molecule has 1 aliphatic rings. The number of carbonyl (C=O) groups excluding carboxylic acids is 3. The lowest BCUT2D eigenvalue weighted by atomic mass is 9.89. The van der Waals surface area contributed by atoms with Crippen LogP contribution in [-0.2, 0) is 21.2 Å². The Bertz CT molecular complexity index is 1520. The first-order chi connectivity index (χ1) is 19.0. The fraction of sp³-hybridized carbons (Fsp3) is 0.172. The Hall–Kier alpha value is -4.79. The van der Waals surface area contributed by atoms with Crippen molar-refractivity contribution >= 4 is 23.4 Å². The molecule has 0 radical (unpaired) electrons. The highest BCUT2D eigenvalue weighted by molar-refractivity contribution is 6.23. The van der Waals surface area contributed by atoms with Gasteiger partial charge in [-0.3, -0.25) is 9.59 Å². The molecule has 1 heterocycles. The van der Waals surface area contributed by atoms with Crippen LogP contribution in [0.3, 0.4) is 0 Å². The van der Waals surface area contributed by atoms with Crippen LogP contribution < -0.4 is 10.2 Å². The van der Waals surface area contributed by atoms with Crippen LogP contribution in [0.25, 0.3) is 0 Å². The third-order valence-corrected chi connectivity index (χ3v) is 6.33. The smallest absolute Gasteiger partial charge is 0.380 e. The fourth-order valence-electron chi connectivity index (χ4n) is 4.39. The molecule has 1 saturated heterocycles. The summed E-state index contributed by atoms with van der Waals surface area (Å²) < 4.78 is 47.9. The molecule has 0 aromatic heterocycles. The summed E-state index contributed by atoms with van der Waals surface area (Å²) in [6, 6.07) is 16.5. The lowest BCUT2D eigenvalue weighted by Crippen LogP contribution is -2.48. The molecular formula is C29H22F3N3O5. The molecule has 0 spiro atoms. The Morgan fingerprint density at radius 3 is 2.50 bits per heavy atom. The number of alkyl halides is 3. The van der Waals surface area contributed by atoms with Gasteiger partial charge in [0.05, 0.1) is 36.1 Å². The minimum Gasteiger partial charge on any atom is -0.380 e. The van der Waals surface area contributed by atoms with Gasteiger partial charge in [0.25, 0.3) is 5.91 Å². The van der Waals surface area contributed by atoms with E-state index in [4.69, 9.17) is 4.74 Å². The third kappa shape index (κ3) is 5.22. The van der Waals surface area contributed by atoms with Crippen LogP contribution in [0.2, 0.25) is 0 Å². The average Bonchev–Trinajstić information content (AvgIpc) is 3.21. The van der Waals surface area contributed by atoms with E-state index < -0.39 is 59.0 Å². The number of carbonyl (C=O) groups is 3.